The van der Waals surface area contributed by atoms with Gasteiger partial charge >= 0.3 is 12.3 Å². The molecule has 0 spiro atoms. The summed E-state index contributed by atoms with van der Waals surface area (Å²) < 4.78 is 54.3. The molecule has 22 heavy (non-hydrogen) atoms. The maximum Gasteiger partial charge on any atom is 0.340 e. The molecule has 0 aliphatic carbocycles. The number of hydrogen-bond acceptors (Lipinski definition) is 4. The van der Waals surface area contributed by atoms with Crippen LogP contribution >= 0.6 is 11.6 Å². The Morgan fingerprint density at radius 2 is 2.18 bits per heavy atom. The Morgan fingerprint density at radius 3 is 2.73 bits per heavy atom. The number of alkyl halides is 4. The summed E-state index contributed by atoms with van der Waals surface area (Å²) in [4.78, 5) is 3.81. The Balaban J connectivity index is 1.98. The van der Waals surface area contributed by atoms with Crippen molar-refractivity contribution in [2.75, 3.05) is 20.2 Å². The van der Waals surface area contributed by atoms with Crippen LogP contribution in [0, 0.1) is 0 Å². The normalized spacial score (nSPS) is 15.9. The molecule has 0 bridgehead atoms. The highest BCUT2D eigenvalue weighted by Crippen LogP contribution is 2.28. The number of nitrogens with zero attached hydrogens (tertiary/aromatic N) is 3. The summed E-state index contributed by atoms with van der Waals surface area (Å²) in [7, 11) is 1.88. The van der Waals surface area contributed by atoms with Gasteiger partial charge in [-0.2, -0.15) is 8.78 Å². The summed E-state index contributed by atoms with van der Waals surface area (Å²) >= 11 is 5.89. The lowest BCUT2D eigenvalue weighted by atomic mass is 10.3. The van der Waals surface area contributed by atoms with Gasteiger partial charge in [-0.05, 0) is 11.6 Å². The standard InChI is InChI=1S/C13H14ClF4N3O/c1-20-3-2-4-21(20)7-9-5-10(14)11(19-6-9)22-8-13(17,18)12(15)16/h2-3,5-6,12H,4,7-8H2,1H3. The maximum atomic E-state index is 12.8. The molecule has 0 unspecified atom stereocenters. The van der Waals surface area contributed by atoms with Gasteiger partial charge in [0.2, 0.25) is 5.88 Å². The average molecular weight is 340 g/mol. The molecule has 1 aliphatic rings. The molecule has 0 amide bonds. The lowest BCUT2D eigenvalue weighted by Gasteiger charge is -2.25. The van der Waals surface area contributed by atoms with Crippen molar-refractivity contribution in [3.05, 3.63) is 35.1 Å². The maximum absolute atomic E-state index is 12.8. The predicted molar refractivity (Wildman–Crippen MR) is 73.0 cm³/mol. The largest absolute Gasteiger partial charge is 0.470 e. The van der Waals surface area contributed by atoms with Crippen LogP contribution in [0.15, 0.2) is 24.5 Å². The molecular weight excluding hydrogens is 326 g/mol. The molecular formula is C13H14ClF4N3O. The van der Waals surface area contributed by atoms with E-state index in [1.807, 2.05) is 29.3 Å². The van der Waals surface area contributed by atoms with E-state index in [0.717, 1.165) is 12.1 Å². The van der Waals surface area contributed by atoms with Crippen LogP contribution in [0.1, 0.15) is 5.56 Å². The Hall–Kier alpha value is -1.54. The van der Waals surface area contributed by atoms with Crippen LogP contribution in [0.25, 0.3) is 0 Å². The molecule has 1 aliphatic heterocycles. The van der Waals surface area contributed by atoms with Gasteiger partial charge in [-0.15, -0.1) is 0 Å². The first-order valence-electron chi connectivity index (χ1n) is 6.37. The Kier molecular flexibility index (Phi) is 5.12. The number of aromatic nitrogens is 1. The van der Waals surface area contributed by atoms with Gasteiger partial charge in [-0.1, -0.05) is 17.7 Å². The first-order chi connectivity index (χ1) is 10.3. The van der Waals surface area contributed by atoms with Crippen molar-refractivity contribution in [1.82, 2.24) is 15.0 Å². The molecule has 0 aromatic carbocycles. The van der Waals surface area contributed by atoms with Crippen molar-refractivity contribution in [3.8, 4) is 5.88 Å². The molecule has 0 atom stereocenters. The number of rotatable bonds is 6. The van der Waals surface area contributed by atoms with Crippen LogP contribution in [0.3, 0.4) is 0 Å². The summed E-state index contributed by atoms with van der Waals surface area (Å²) in [5.74, 6) is -4.54. The van der Waals surface area contributed by atoms with Gasteiger partial charge in [0.05, 0.1) is 0 Å². The van der Waals surface area contributed by atoms with Crippen LogP contribution in [0.2, 0.25) is 5.02 Å². The molecule has 0 radical (unpaired) electrons. The molecule has 9 heteroatoms. The van der Waals surface area contributed by atoms with Gasteiger partial charge in [-0.25, -0.2) is 18.8 Å². The van der Waals surface area contributed by atoms with E-state index < -0.39 is 19.0 Å². The smallest absolute Gasteiger partial charge is 0.340 e. The average Bonchev–Trinajstić information content (AvgIpc) is 2.83. The quantitative estimate of drug-likeness (QED) is 0.744. The van der Waals surface area contributed by atoms with E-state index in [4.69, 9.17) is 11.6 Å². The first kappa shape index (κ1) is 16.8. The number of hydrazine groups is 1. The number of ether oxygens (including phenoxy) is 1. The highest BCUT2D eigenvalue weighted by atomic mass is 35.5. The Morgan fingerprint density at radius 1 is 1.45 bits per heavy atom. The summed E-state index contributed by atoms with van der Waals surface area (Å²) in [6.45, 7) is -0.230. The van der Waals surface area contributed by atoms with Crippen molar-refractivity contribution >= 4 is 11.6 Å². The minimum Gasteiger partial charge on any atom is -0.470 e. The second-order valence-electron chi connectivity index (χ2n) is 4.79. The summed E-state index contributed by atoms with van der Waals surface area (Å²) in [5, 5.41) is 3.87. The van der Waals surface area contributed by atoms with E-state index in [0.29, 0.717) is 6.54 Å². The molecule has 0 fully saturated rings. The number of hydrogen-bond donors (Lipinski definition) is 0. The summed E-state index contributed by atoms with van der Waals surface area (Å²) in [6.07, 6.45) is 1.48. The monoisotopic (exact) mass is 339 g/mol. The van der Waals surface area contributed by atoms with Crippen molar-refractivity contribution in [1.29, 1.82) is 0 Å². The van der Waals surface area contributed by atoms with Crippen LogP contribution < -0.4 is 4.74 Å². The van der Waals surface area contributed by atoms with E-state index in [1.165, 1.54) is 12.3 Å². The van der Waals surface area contributed by atoms with Crippen LogP contribution in [0.5, 0.6) is 5.88 Å². The third-order valence-corrected chi connectivity index (χ3v) is 3.30. The SMILES string of the molecule is CN1C=CCN1Cc1cnc(OCC(F)(F)C(F)F)c(Cl)c1. The van der Waals surface area contributed by atoms with E-state index >= 15 is 0 Å². The van der Waals surface area contributed by atoms with Gasteiger partial charge in [0.15, 0.2) is 6.61 Å². The van der Waals surface area contributed by atoms with Gasteiger partial charge in [0.25, 0.3) is 0 Å². The summed E-state index contributed by atoms with van der Waals surface area (Å²) in [5.41, 5.74) is 0.744. The topological polar surface area (TPSA) is 28.6 Å². The van der Waals surface area contributed by atoms with Gasteiger partial charge < -0.3 is 9.75 Å². The Labute approximate surface area is 129 Å². The zero-order valence-corrected chi connectivity index (χ0v) is 12.4. The fraction of sp³-hybridized carbons (Fsp3) is 0.462. The lowest BCUT2D eigenvalue weighted by molar-refractivity contribution is -0.148. The van der Waals surface area contributed by atoms with Crippen molar-refractivity contribution < 1.29 is 22.3 Å². The third kappa shape index (κ3) is 4.01. The summed E-state index contributed by atoms with van der Waals surface area (Å²) in [6, 6.07) is 1.51. The molecule has 1 aromatic heterocycles. The van der Waals surface area contributed by atoms with Crippen LogP contribution in [-0.4, -0.2) is 47.5 Å². The molecule has 122 valence electrons. The zero-order valence-electron chi connectivity index (χ0n) is 11.6. The molecule has 1 aromatic rings. The minimum atomic E-state index is -4.24. The van der Waals surface area contributed by atoms with E-state index in [1.54, 1.807) is 0 Å². The number of pyridine rings is 1. The fourth-order valence-electron chi connectivity index (χ4n) is 1.82. The van der Waals surface area contributed by atoms with Gasteiger partial charge in [0.1, 0.15) is 5.02 Å². The molecule has 4 nitrogen and oxygen atoms in total. The Bertz CT molecular complexity index is 556. The predicted octanol–water partition coefficient (Wildman–Crippen LogP) is 3.19. The van der Waals surface area contributed by atoms with Crippen LogP contribution in [0.4, 0.5) is 17.6 Å². The molecule has 0 saturated heterocycles. The minimum absolute atomic E-state index is 0.00243. The second kappa shape index (κ2) is 6.70. The zero-order chi connectivity index (χ0) is 16.3. The van der Waals surface area contributed by atoms with Crippen molar-refractivity contribution in [3.63, 3.8) is 0 Å². The highest BCUT2D eigenvalue weighted by molar-refractivity contribution is 6.31. The van der Waals surface area contributed by atoms with Crippen molar-refractivity contribution in [2.45, 2.75) is 18.9 Å². The van der Waals surface area contributed by atoms with E-state index in [-0.39, 0.29) is 10.9 Å². The molecule has 0 saturated carbocycles. The molecule has 0 N–H and O–H groups in total. The molecule has 2 heterocycles. The van der Waals surface area contributed by atoms with E-state index in [2.05, 4.69) is 9.72 Å². The van der Waals surface area contributed by atoms with Crippen molar-refractivity contribution in [2.24, 2.45) is 0 Å². The number of halogens is 5. The molecule has 2 rings (SSSR count). The lowest BCUT2D eigenvalue weighted by Crippen LogP contribution is -2.34. The highest BCUT2D eigenvalue weighted by Gasteiger charge is 2.42. The third-order valence-electron chi connectivity index (χ3n) is 3.03. The first-order valence-corrected chi connectivity index (χ1v) is 6.75. The van der Waals surface area contributed by atoms with Gasteiger partial charge in [0, 0.05) is 32.5 Å². The van der Waals surface area contributed by atoms with Crippen LogP contribution in [-0.2, 0) is 6.54 Å². The fourth-order valence-corrected chi connectivity index (χ4v) is 2.06. The second-order valence-corrected chi connectivity index (χ2v) is 5.19. The van der Waals surface area contributed by atoms with E-state index in [9.17, 15) is 17.6 Å². The van der Waals surface area contributed by atoms with Gasteiger partial charge in [-0.3, -0.25) is 0 Å².